The van der Waals surface area contributed by atoms with Gasteiger partial charge in [0.1, 0.15) is 16.8 Å². The van der Waals surface area contributed by atoms with Crippen molar-refractivity contribution < 1.29 is 4.74 Å². The van der Waals surface area contributed by atoms with Gasteiger partial charge in [0.2, 0.25) is 0 Å². The third-order valence-electron chi connectivity index (χ3n) is 2.10. The molecular formula is C12H9Cl3N2OS. The van der Waals surface area contributed by atoms with Crippen molar-refractivity contribution in [3.05, 3.63) is 45.3 Å². The van der Waals surface area contributed by atoms with E-state index in [0.29, 0.717) is 32.7 Å². The predicted molar refractivity (Wildman–Crippen MR) is 78.3 cm³/mol. The molecule has 19 heavy (non-hydrogen) atoms. The standard InChI is InChI=1S/C12H9Cl3N2OS/c1-18-6-11-16-10(15)5-12(17-11)19-9-4-7(13)2-3-8(9)14/h2-5H,6H2,1H3. The highest BCUT2D eigenvalue weighted by atomic mass is 35.5. The molecule has 0 saturated carbocycles. The predicted octanol–water partition coefficient (Wildman–Crippen LogP) is 4.73. The summed E-state index contributed by atoms with van der Waals surface area (Å²) in [7, 11) is 1.57. The third kappa shape index (κ3) is 4.23. The van der Waals surface area contributed by atoms with Gasteiger partial charge in [-0.3, -0.25) is 0 Å². The van der Waals surface area contributed by atoms with Gasteiger partial charge in [0.05, 0.1) is 5.02 Å². The van der Waals surface area contributed by atoms with Crippen LogP contribution in [0.5, 0.6) is 0 Å². The number of hydrogen-bond donors (Lipinski definition) is 0. The first kappa shape index (κ1) is 14.9. The van der Waals surface area contributed by atoms with Crippen molar-refractivity contribution in [1.29, 1.82) is 0 Å². The average Bonchev–Trinajstić information content (AvgIpc) is 2.33. The van der Waals surface area contributed by atoms with E-state index in [2.05, 4.69) is 9.97 Å². The summed E-state index contributed by atoms with van der Waals surface area (Å²) < 4.78 is 4.99. The average molecular weight is 336 g/mol. The quantitative estimate of drug-likeness (QED) is 0.756. The number of nitrogens with zero attached hydrogens (tertiary/aromatic N) is 2. The maximum absolute atomic E-state index is 6.11. The summed E-state index contributed by atoms with van der Waals surface area (Å²) in [5.41, 5.74) is 0. The molecule has 0 unspecified atom stereocenters. The van der Waals surface area contributed by atoms with E-state index in [1.54, 1.807) is 31.4 Å². The molecule has 100 valence electrons. The zero-order chi connectivity index (χ0) is 13.8. The number of aromatic nitrogens is 2. The van der Waals surface area contributed by atoms with E-state index in [-0.39, 0.29) is 0 Å². The lowest BCUT2D eigenvalue weighted by Crippen LogP contribution is -1.98. The molecule has 0 N–H and O–H groups in total. The number of ether oxygens (including phenoxy) is 1. The van der Waals surface area contributed by atoms with Crippen LogP contribution in [0.2, 0.25) is 15.2 Å². The van der Waals surface area contributed by atoms with Gasteiger partial charge >= 0.3 is 0 Å². The van der Waals surface area contributed by atoms with Crippen molar-refractivity contribution >= 4 is 46.6 Å². The topological polar surface area (TPSA) is 35.0 Å². The maximum atomic E-state index is 6.11. The van der Waals surface area contributed by atoms with Gasteiger partial charge < -0.3 is 4.74 Å². The van der Waals surface area contributed by atoms with Crippen LogP contribution in [0.15, 0.2) is 34.2 Å². The summed E-state index contributed by atoms with van der Waals surface area (Å²) in [6.07, 6.45) is 0. The molecular weight excluding hydrogens is 327 g/mol. The van der Waals surface area contributed by atoms with Crippen LogP contribution in [0.25, 0.3) is 0 Å². The van der Waals surface area contributed by atoms with Gasteiger partial charge in [-0.25, -0.2) is 9.97 Å². The van der Waals surface area contributed by atoms with Gasteiger partial charge in [-0.2, -0.15) is 0 Å². The minimum Gasteiger partial charge on any atom is -0.377 e. The number of rotatable bonds is 4. The maximum Gasteiger partial charge on any atom is 0.156 e. The lowest BCUT2D eigenvalue weighted by molar-refractivity contribution is 0.177. The molecule has 0 saturated heterocycles. The first-order valence-electron chi connectivity index (χ1n) is 5.24. The Balaban J connectivity index is 2.29. The molecule has 2 aromatic rings. The molecule has 0 aliphatic carbocycles. The minimum absolute atomic E-state index is 0.303. The molecule has 1 aromatic carbocycles. The molecule has 2 rings (SSSR count). The van der Waals surface area contributed by atoms with Crippen LogP contribution in [-0.4, -0.2) is 17.1 Å². The number of halogens is 3. The Hall–Kier alpha value is -0.520. The van der Waals surface area contributed by atoms with Crippen LogP contribution in [0.3, 0.4) is 0 Å². The molecule has 0 fully saturated rings. The van der Waals surface area contributed by atoms with Crippen molar-refractivity contribution in [2.45, 2.75) is 16.5 Å². The van der Waals surface area contributed by atoms with E-state index >= 15 is 0 Å². The van der Waals surface area contributed by atoms with Crippen LogP contribution in [-0.2, 0) is 11.3 Å². The molecule has 0 aliphatic rings. The molecule has 0 radical (unpaired) electrons. The highest BCUT2D eigenvalue weighted by Gasteiger charge is 2.08. The number of hydrogen-bond acceptors (Lipinski definition) is 4. The SMILES string of the molecule is COCc1nc(Cl)cc(Sc2cc(Cl)ccc2Cl)n1. The molecule has 0 bridgehead atoms. The van der Waals surface area contributed by atoms with E-state index < -0.39 is 0 Å². The van der Waals surface area contributed by atoms with E-state index in [0.717, 1.165) is 4.90 Å². The van der Waals surface area contributed by atoms with Gasteiger partial charge in [0.25, 0.3) is 0 Å². The summed E-state index contributed by atoms with van der Waals surface area (Å²) in [5, 5.41) is 2.28. The van der Waals surface area contributed by atoms with Gasteiger partial charge in [-0.1, -0.05) is 46.6 Å². The third-order valence-corrected chi connectivity index (χ3v) is 3.95. The first-order valence-corrected chi connectivity index (χ1v) is 7.19. The first-order chi connectivity index (χ1) is 9.08. The van der Waals surface area contributed by atoms with Crippen molar-refractivity contribution in [1.82, 2.24) is 9.97 Å². The van der Waals surface area contributed by atoms with Crippen LogP contribution >= 0.6 is 46.6 Å². The van der Waals surface area contributed by atoms with Gasteiger partial charge in [0, 0.05) is 23.1 Å². The van der Waals surface area contributed by atoms with Crippen LogP contribution in [0.1, 0.15) is 5.82 Å². The fourth-order valence-corrected chi connectivity index (χ4v) is 2.99. The van der Waals surface area contributed by atoms with Crippen molar-refractivity contribution in [2.75, 3.05) is 7.11 Å². The van der Waals surface area contributed by atoms with Gasteiger partial charge in [-0.15, -0.1) is 0 Å². The second kappa shape index (κ2) is 6.77. The molecule has 1 aromatic heterocycles. The summed E-state index contributed by atoms with van der Waals surface area (Å²) >= 11 is 19.4. The zero-order valence-electron chi connectivity index (χ0n) is 9.86. The highest BCUT2D eigenvalue weighted by Crippen LogP contribution is 2.34. The number of methoxy groups -OCH3 is 1. The Labute approximate surface area is 130 Å². The molecule has 0 aliphatic heterocycles. The van der Waals surface area contributed by atoms with Crippen molar-refractivity contribution in [3.63, 3.8) is 0 Å². The fourth-order valence-electron chi connectivity index (χ4n) is 1.36. The minimum atomic E-state index is 0.303. The lowest BCUT2D eigenvalue weighted by atomic mass is 10.4. The van der Waals surface area contributed by atoms with Crippen molar-refractivity contribution in [2.24, 2.45) is 0 Å². The molecule has 1 heterocycles. The molecule has 0 amide bonds. The monoisotopic (exact) mass is 334 g/mol. The smallest absolute Gasteiger partial charge is 0.156 e. The van der Waals surface area contributed by atoms with Crippen LogP contribution in [0, 0.1) is 0 Å². The lowest BCUT2D eigenvalue weighted by Gasteiger charge is -2.06. The molecule has 3 nitrogen and oxygen atoms in total. The Bertz CT molecular complexity index is 595. The highest BCUT2D eigenvalue weighted by molar-refractivity contribution is 7.99. The second-order valence-corrected chi connectivity index (χ2v) is 5.85. The van der Waals surface area contributed by atoms with E-state index in [9.17, 15) is 0 Å². The molecule has 7 heteroatoms. The van der Waals surface area contributed by atoms with Crippen molar-refractivity contribution in [3.8, 4) is 0 Å². The summed E-state index contributed by atoms with van der Waals surface area (Å²) in [4.78, 5) is 9.20. The Morgan fingerprint density at radius 2 is 1.95 bits per heavy atom. The van der Waals surface area contributed by atoms with Gasteiger partial charge in [0.15, 0.2) is 5.82 Å². The Morgan fingerprint density at radius 3 is 2.68 bits per heavy atom. The zero-order valence-corrected chi connectivity index (χ0v) is 12.9. The summed E-state index contributed by atoms with van der Waals surface area (Å²) in [6.45, 7) is 0.303. The van der Waals surface area contributed by atoms with E-state index in [1.807, 2.05) is 0 Å². The molecule has 0 atom stereocenters. The Kier molecular flexibility index (Phi) is 5.30. The Morgan fingerprint density at radius 1 is 1.16 bits per heavy atom. The largest absolute Gasteiger partial charge is 0.377 e. The number of benzene rings is 1. The summed E-state index contributed by atoms with van der Waals surface area (Å²) in [6, 6.07) is 6.92. The van der Waals surface area contributed by atoms with E-state index in [1.165, 1.54) is 11.8 Å². The fraction of sp³-hybridized carbons (Fsp3) is 0.167. The summed E-state index contributed by atoms with van der Waals surface area (Å²) in [5.74, 6) is 0.524. The van der Waals surface area contributed by atoms with E-state index in [4.69, 9.17) is 39.5 Å². The van der Waals surface area contributed by atoms with Crippen LogP contribution in [0.4, 0.5) is 0 Å². The second-order valence-electron chi connectivity index (χ2n) is 3.55. The van der Waals surface area contributed by atoms with Gasteiger partial charge in [-0.05, 0) is 18.2 Å². The van der Waals surface area contributed by atoms with Crippen LogP contribution < -0.4 is 0 Å². The molecule has 0 spiro atoms. The normalized spacial score (nSPS) is 10.7.